The normalized spacial score (nSPS) is 21.0. The first-order chi connectivity index (χ1) is 12.6. The highest BCUT2D eigenvalue weighted by atomic mass is 19.1. The van der Waals surface area contributed by atoms with Crippen LogP contribution in [0.15, 0.2) is 18.2 Å². The van der Waals surface area contributed by atoms with Crippen LogP contribution >= 0.6 is 0 Å². The number of methoxy groups -OCH3 is 1. The quantitative estimate of drug-likeness (QED) is 0.715. The number of carbonyl (C=O) groups is 1. The largest absolute Gasteiger partial charge is 0.497 e. The second-order valence-corrected chi connectivity index (χ2v) is 8.31. The third kappa shape index (κ3) is 5.40. The number of nitrogens with zero attached hydrogens (tertiary/aromatic N) is 2. The molecule has 0 radical (unpaired) electrons. The maximum absolute atomic E-state index is 14.1. The van der Waals surface area contributed by atoms with Gasteiger partial charge in [0, 0.05) is 43.8 Å². The summed E-state index contributed by atoms with van der Waals surface area (Å²) in [5.74, 6) is -0.263. The summed E-state index contributed by atoms with van der Waals surface area (Å²) >= 11 is 0. The number of rotatable bonds is 8. The van der Waals surface area contributed by atoms with Crippen LogP contribution in [0.25, 0.3) is 0 Å². The highest BCUT2D eigenvalue weighted by Crippen LogP contribution is 2.27. The molecule has 1 amide bonds. The lowest BCUT2D eigenvalue weighted by Gasteiger charge is -2.41. The van der Waals surface area contributed by atoms with E-state index in [0.29, 0.717) is 37.2 Å². The van der Waals surface area contributed by atoms with Gasteiger partial charge in [-0.2, -0.15) is 0 Å². The molecule has 1 saturated heterocycles. The van der Waals surface area contributed by atoms with Crippen molar-refractivity contribution in [2.45, 2.75) is 38.8 Å². The molecule has 2 rings (SSSR count). The zero-order chi connectivity index (χ0) is 20.2. The molecule has 0 saturated carbocycles. The van der Waals surface area contributed by atoms with Crippen molar-refractivity contribution in [3.63, 3.8) is 0 Å². The van der Waals surface area contributed by atoms with Crippen molar-refractivity contribution >= 4 is 5.91 Å². The summed E-state index contributed by atoms with van der Waals surface area (Å²) in [5, 5.41) is 20.4. The molecule has 0 aliphatic carbocycles. The molecule has 0 spiro atoms. The van der Waals surface area contributed by atoms with Gasteiger partial charge in [-0.15, -0.1) is 0 Å². The number of likely N-dealkylation sites (N-methyl/N-ethyl adjacent to an activating group) is 1. The van der Waals surface area contributed by atoms with E-state index in [-0.39, 0.29) is 31.0 Å². The molecule has 0 aromatic heterocycles. The van der Waals surface area contributed by atoms with E-state index in [1.807, 2.05) is 25.8 Å². The van der Waals surface area contributed by atoms with E-state index in [1.54, 1.807) is 6.07 Å². The van der Waals surface area contributed by atoms with Crippen LogP contribution < -0.4 is 4.74 Å². The average molecular weight is 382 g/mol. The lowest BCUT2D eigenvalue weighted by Crippen LogP contribution is -2.58. The van der Waals surface area contributed by atoms with Gasteiger partial charge in [-0.3, -0.25) is 4.79 Å². The van der Waals surface area contributed by atoms with Gasteiger partial charge >= 0.3 is 0 Å². The van der Waals surface area contributed by atoms with Crippen LogP contribution in [-0.2, 0) is 11.3 Å². The molecule has 27 heavy (non-hydrogen) atoms. The van der Waals surface area contributed by atoms with Crippen molar-refractivity contribution in [2.75, 3.05) is 40.4 Å². The molecule has 1 aliphatic heterocycles. The number of likely N-dealkylation sites (tertiary alicyclic amines) is 1. The molecule has 6 nitrogen and oxygen atoms in total. The molecule has 1 aromatic carbocycles. The van der Waals surface area contributed by atoms with Gasteiger partial charge in [0.15, 0.2) is 5.60 Å². The lowest BCUT2D eigenvalue weighted by molar-refractivity contribution is -0.160. The summed E-state index contributed by atoms with van der Waals surface area (Å²) in [6.45, 7) is 5.16. The number of ether oxygens (including phenoxy) is 1. The summed E-state index contributed by atoms with van der Waals surface area (Å²) in [6, 6.07) is 4.43. The number of hydrogen-bond acceptors (Lipinski definition) is 5. The van der Waals surface area contributed by atoms with Gasteiger partial charge in [0.2, 0.25) is 0 Å². The Balaban J connectivity index is 2.10. The van der Waals surface area contributed by atoms with Crippen LogP contribution in [0.3, 0.4) is 0 Å². The molecule has 1 fully saturated rings. The molecule has 1 atom stereocenters. The van der Waals surface area contributed by atoms with Gasteiger partial charge in [0.05, 0.1) is 7.11 Å². The van der Waals surface area contributed by atoms with Crippen LogP contribution in [0.1, 0.15) is 32.3 Å². The van der Waals surface area contributed by atoms with Gasteiger partial charge < -0.3 is 24.7 Å². The minimum absolute atomic E-state index is 0.0188. The van der Waals surface area contributed by atoms with E-state index in [9.17, 15) is 19.4 Å². The predicted octanol–water partition coefficient (Wildman–Crippen LogP) is 1.64. The summed E-state index contributed by atoms with van der Waals surface area (Å²) in [7, 11) is 3.33. The zero-order valence-corrected chi connectivity index (χ0v) is 16.7. The number of halogens is 1. The second-order valence-electron chi connectivity index (χ2n) is 8.31. The SMILES string of the molecule is COc1ccc(F)c(CN2CCC[C@](O)(CN(C)CC(C)(C)CO)C2=O)c1. The second kappa shape index (κ2) is 8.54. The Morgan fingerprint density at radius 2 is 2.11 bits per heavy atom. The number of aliphatic hydroxyl groups is 2. The fourth-order valence-corrected chi connectivity index (χ4v) is 3.65. The van der Waals surface area contributed by atoms with E-state index >= 15 is 0 Å². The minimum Gasteiger partial charge on any atom is -0.497 e. The Morgan fingerprint density at radius 1 is 1.41 bits per heavy atom. The van der Waals surface area contributed by atoms with Gasteiger partial charge in [-0.25, -0.2) is 4.39 Å². The standard InChI is InChI=1S/C20H31FN2O4/c1-19(2,14-24)12-22(3)13-20(26)8-5-9-23(18(20)25)11-15-10-16(27-4)6-7-17(15)21/h6-7,10,24,26H,5,8-9,11-14H2,1-4H3/t20-/m0/s1. The van der Waals surface area contributed by atoms with Crippen molar-refractivity contribution in [2.24, 2.45) is 5.41 Å². The van der Waals surface area contributed by atoms with Crippen molar-refractivity contribution in [3.05, 3.63) is 29.6 Å². The lowest BCUT2D eigenvalue weighted by atomic mass is 9.89. The predicted molar refractivity (Wildman–Crippen MR) is 101 cm³/mol. The summed E-state index contributed by atoms with van der Waals surface area (Å²) in [4.78, 5) is 16.3. The number of hydrogen-bond donors (Lipinski definition) is 2. The summed E-state index contributed by atoms with van der Waals surface area (Å²) in [5.41, 5.74) is -1.47. The van der Waals surface area contributed by atoms with Crippen LogP contribution in [0, 0.1) is 11.2 Å². The van der Waals surface area contributed by atoms with Crippen LogP contribution in [0.2, 0.25) is 0 Å². The first-order valence-corrected chi connectivity index (χ1v) is 9.24. The Labute approximate surface area is 160 Å². The van der Waals surface area contributed by atoms with E-state index < -0.39 is 11.4 Å². The maximum atomic E-state index is 14.1. The first-order valence-electron chi connectivity index (χ1n) is 9.24. The Hall–Kier alpha value is -1.70. The molecular weight excluding hydrogens is 351 g/mol. The smallest absolute Gasteiger partial charge is 0.256 e. The zero-order valence-electron chi connectivity index (χ0n) is 16.7. The van der Waals surface area contributed by atoms with Gasteiger partial charge in [0.25, 0.3) is 5.91 Å². The Bertz CT molecular complexity index is 667. The monoisotopic (exact) mass is 382 g/mol. The third-order valence-corrected chi connectivity index (χ3v) is 4.98. The number of carbonyl (C=O) groups excluding carboxylic acids is 1. The molecule has 0 bridgehead atoms. The topological polar surface area (TPSA) is 73.2 Å². The molecule has 0 unspecified atom stereocenters. The van der Waals surface area contributed by atoms with Crippen molar-refractivity contribution in [1.82, 2.24) is 9.80 Å². The molecule has 7 heteroatoms. The summed E-state index contributed by atoms with van der Waals surface area (Å²) < 4.78 is 19.3. The van der Waals surface area contributed by atoms with Crippen molar-refractivity contribution in [1.29, 1.82) is 0 Å². The third-order valence-electron chi connectivity index (χ3n) is 4.98. The van der Waals surface area contributed by atoms with Crippen molar-refractivity contribution < 1.29 is 24.1 Å². The van der Waals surface area contributed by atoms with Crippen molar-refractivity contribution in [3.8, 4) is 5.75 Å². The number of aliphatic hydroxyl groups excluding tert-OH is 1. The molecule has 2 N–H and O–H groups in total. The molecule has 1 heterocycles. The molecule has 1 aliphatic rings. The van der Waals surface area contributed by atoms with E-state index in [4.69, 9.17) is 4.74 Å². The Morgan fingerprint density at radius 3 is 2.74 bits per heavy atom. The number of benzene rings is 1. The molecular formula is C20H31FN2O4. The summed E-state index contributed by atoms with van der Waals surface area (Å²) in [6.07, 6.45) is 1.01. The molecule has 152 valence electrons. The van der Waals surface area contributed by atoms with Crippen LogP contribution in [-0.4, -0.2) is 71.9 Å². The molecule has 1 aromatic rings. The number of piperidine rings is 1. The van der Waals surface area contributed by atoms with Crippen LogP contribution in [0.5, 0.6) is 5.75 Å². The Kier molecular flexibility index (Phi) is 6.83. The fourth-order valence-electron chi connectivity index (χ4n) is 3.65. The average Bonchev–Trinajstić information content (AvgIpc) is 2.60. The first kappa shape index (κ1) is 21.6. The highest BCUT2D eigenvalue weighted by Gasteiger charge is 2.43. The minimum atomic E-state index is -1.51. The van der Waals surface area contributed by atoms with E-state index in [2.05, 4.69) is 0 Å². The number of amides is 1. The maximum Gasteiger partial charge on any atom is 0.256 e. The van der Waals surface area contributed by atoms with Gasteiger partial charge in [0.1, 0.15) is 11.6 Å². The van der Waals surface area contributed by atoms with E-state index in [1.165, 1.54) is 24.1 Å². The van der Waals surface area contributed by atoms with Gasteiger partial charge in [-0.05, 0) is 38.1 Å². The van der Waals surface area contributed by atoms with E-state index in [0.717, 1.165) is 0 Å². The highest BCUT2D eigenvalue weighted by molar-refractivity contribution is 5.86. The fraction of sp³-hybridized carbons (Fsp3) is 0.650. The van der Waals surface area contributed by atoms with Crippen LogP contribution in [0.4, 0.5) is 4.39 Å². The van der Waals surface area contributed by atoms with Gasteiger partial charge in [-0.1, -0.05) is 13.8 Å².